The first kappa shape index (κ1) is 24.7. The van der Waals surface area contributed by atoms with Gasteiger partial charge in [0.25, 0.3) is 0 Å². The number of hydrogen-bond donors (Lipinski definition) is 0. The van der Waals surface area contributed by atoms with Crippen molar-refractivity contribution in [2.24, 2.45) is 5.92 Å². The van der Waals surface area contributed by atoms with Gasteiger partial charge in [0.15, 0.2) is 5.65 Å². The van der Waals surface area contributed by atoms with Gasteiger partial charge in [-0.3, -0.25) is 4.79 Å². The molecule has 188 valence electrons. The molecule has 2 aromatic carbocycles. The van der Waals surface area contributed by atoms with Gasteiger partial charge in [-0.05, 0) is 56.7 Å². The van der Waals surface area contributed by atoms with E-state index >= 15 is 0 Å². The Balaban J connectivity index is 1.28. The molecule has 0 unspecified atom stereocenters. The first-order chi connectivity index (χ1) is 17.5. The molecule has 4 aromatic rings. The molecule has 1 aliphatic rings. The predicted octanol–water partition coefficient (Wildman–Crippen LogP) is 6.00. The maximum Gasteiger partial charge on any atom is 0.222 e. The normalized spacial score (nSPS) is 14.7. The zero-order valence-corrected chi connectivity index (χ0v) is 21.7. The molecular weight excluding hydrogens is 473 g/mol. The van der Waals surface area contributed by atoms with Gasteiger partial charge < -0.3 is 9.47 Å². The van der Waals surface area contributed by atoms with Crippen LogP contribution in [0.4, 0.5) is 4.39 Å². The number of carbonyl (C=O) groups excluding carboxylic acids is 1. The van der Waals surface area contributed by atoms with Gasteiger partial charge in [0, 0.05) is 36.2 Å². The number of aryl methyl sites for hydroxylation is 1. The van der Waals surface area contributed by atoms with Crippen LogP contribution in [-0.2, 0) is 11.3 Å². The molecule has 5 rings (SSSR count). The quantitative estimate of drug-likeness (QED) is 0.217. The summed E-state index contributed by atoms with van der Waals surface area (Å²) in [6.45, 7) is 6.47. The molecule has 0 saturated carbocycles. The molecule has 1 fully saturated rings. The van der Waals surface area contributed by atoms with E-state index in [0.29, 0.717) is 29.3 Å². The lowest BCUT2D eigenvalue weighted by Crippen LogP contribution is -2.37. The number of halogens is 1. The summed E-state index contributed by atoms with van der Waals surface area (Å²) in [5, 5.41) is 10.5. The lowest BCUT2D eigenvalue weighted by molar-refractivity contribution is -0.132. The second-order valence-corrected chi connectivity index (χ2v) is 10.9. The number of likely N-dealkylation sites (tertiary alicyclic amines) is 1. The highest BCUT2D eigenvalue weighted by atomic mass is 32.2. The summed E-state index contributed by atoms with van der Waals surface area (Å²) < 4.78 is 16.5. The summed E-state index contributed by atoms with van der Waals surface area (Å²) in [7, 11) is 0. The van der Waals surface area contributed by atoms with Crippen molar-refractivity contribution in [3.63, 3.8) is 0 Å². The number of hydrogen-bond acceptors (Lipinski definition) is 5. The van der Waals surface area contributed by atoms with Gasteiger partial charge in [-0.15, -0.1) is 10.2 Å². The Bertz CT molecular complexity index is 1380. The fourth-order valence-corrected chi connectivity index (χ4v) is 5.61. The number of carbonyl (C=O) groups is 1. The highest BCUT2D eigenvalue weighted by Crippen LogP contribution is 2.29. The number of thioether (sulfide) groups is 1. The monoisotopic (exact) mass is 505 g/mol. The van der Waals surface area contributed by atoms with E-state index in [-0.39, 0.29) is 11.7 Å². The minimum absolute atomic E-state index is 0.232. The molecule has 0 spiro atoms. The van der Waals surface area contributed by atoms with Crippen LogP contribution in [0.2, 0.25) is 0 Å². The Morgan fingerprint density at radius 3 is 2.72 bits per heavy atom. The number of benzene rings is 2. The highest BCUT2D eigenvalue weighted by Gasteiger charge is 2.20. The van der Waals surface area contributed by atoms with E-state index in [1.807, 2.05) is 34.6 Å². The predicted molar refractivity (Wildman–Crippen MR) is 143 cm³/mol. The van der Waals surface area contributed by atoms with E-state index in [0.717, 1.165) is 72.4 Å². The van der Waals surface area contributed by atoms with Crippen molar-refractivity contribution in [1.29, 1.82) is 0 Å². The van der Waals surface area contributed by atoms with Gasteiger partial charge in [0.1, 0.15) is 11.3 Å². The van der Waals surface area contributed by atoms with E-state index in [1.54, 1.807) is 23.9 Å². The molecule has 6 nitrogen and oxygen atoms in total. The van der Waals surface area contributed by atoms with Crippen LogP contribution in [0, 0.1) is 18.7 Å². The zero-order chi connectivity index (χ0) is 25.1. The number of piperidine rings is 1. The molecule has 1 saturated heterocycles. The van der Waals surface area contributed by atoms with Crippen LogP contribution in [0.3, 0.4) is 0 Å². The summed E-state index contributed by atoms with van der Waals surface area (Å²) in [5.74, 6) is 1.60. The van der Waals surface area contributed by atoms with Gasteiger partial charge in [-0.1, -0.05) is 48.5 Å². The Kier molecular flexibility index (Phi) is 7.51. The van der Waals surface area contributed by atoms with Crippen molar-refractivity contribution in [2.45, 2.75) is 57.7 Å². The van der Waals surface area contributed by atoms with E-state index in [9.17, 15) is 9.18 Å². The number of rotatable bonds is 8. The lowest BCUT2D eigenvalue weighted by Gasteiger charge is -2.30. The first-order valence-corrected chi connectivity index (χ1v) is 13.8. The van der Waals surface area contributed by atoms with Gasteiger partial charge in [-0.25, -0.2) is 9.37 Å². The Labute approximate surface area is 215 Å². The number of unbranched alkanes of at least 4 members (excludes halogenated alkanes) is 1. The van der Waals surface area contributed by atoms with Gasteiger partial charge in [0.2, 0.25) is 11.1 Å². The summed E-state index contributed by atoms with van der Waals surface area (Å²) in [5.41, 5.74) is 4.15. The Morgan fingerprint density at radius 1 is 1.11 bits per heavy atom. The number of fused-ring (bicyclic) bond motifs is 3. The molecule has 1 aliphatic heterocycles. The number of aromatic nitrogens is 4. The van der Waals surface area contributed by atoms with Gasteiger partial charge in [-0.2, -0.15) is 0 Å². The summed E-state index contributed by atoms with van der Waals surface area (Å²) in [4.78, 5) is 19.3. The van der Waals surface area contributed by atoms with Crippen LogP contribution < -0.4 is 0 Å². The molecule has 0 aliphatic carbocycles. The minimum atomic E-state index is -0.232. The van der Waals surface area contributed by atoms with Crippen LogP contribution >= 0.6 is 11.8 Å². The fraction of sp³-hybridized carbons (Fsp3) is 0.429. The van der Waals surface area contributed by atoms with E-state index < -0.39 is 0 Å². The van der Waals surface area contributed by atoms with Crippen LogP contribution in [0.5, 0.6) is 0 Å². The van der Waals surface area contributed by atoms with Crippen molar-refractivity contribution in [1.82, 2.24) is 24.6 Å². The van der Waals surface area contributed by atoms with E-state index in [2.05, 4.69) is 23.2 Å². The van der Waals surface area contributed by atoms with E-state index in [4.69, 9.17) is 4.98 Å². The van der Waals surface area contributed by atoms with Crippen molar-refractivity contribution in [3.05, 3.63) is 59.4 Å². The average Bonchev–Trinajstić information content (AvgIpc) is 3.17. The third-order valence-electron chi connectivity index (χ3n) is 7.04. The Hall–Kier alpha value is -3.00. The van der Waals surface area contributed by atoms with Crippen molar-refractivity contribution in [2.75, 3.05) is 18.8 Å². The van der Waals surface area contributed by atoms with Crippen molar-refractivity contribution >= 4 is 39.7 Å². The molecule has 3 heterocycles. The Morgan fingerprint density at radius 2 is 1.92 bits per heavy atom. The summed E-state index contributed by atoms with van der Waals surface area (Å²) in [6.07, 6.45) is 4.60. The van der Waals surface area contributed by atoms with Crippen LogP contribution in [0.1, 0.15) is 50.2 Å². The molecule has 0 atom stereocenters. The second-order valence-electron chi connectivity index (χ2n) is 9.83. The topological polar surface area (TPSA) is 63.9 Å². The maximum absolute atomic E-state index is 14.5. The highest BCUT2D eigenvalue weighted by molar-refractivity contribution is 7.99. The first-order valence-electron chi connectivity index (χ1n) is 12.8. The summed E-state index contributed by atoms with van der Waals surface area (Å²) in [6, 6.07) is 13.0. The lowest BCUT2D eigenvalue weighted by atomic mass is 9.99. The molecule has 0 N–H and O–H groups in total. The second kappa shape index (κ2) is 10.9. The largest absolute Gasteiger partial charge is 0.343 e. The van der Waals surface area contributed by atoms with Gasteiger partial charge in [0.05, 0.1) is 12.1 Å². The van der Waals surface area contributed by atoms with Crippen LogP contribution in [0.25, 0.3) is 22.1 Å². The SMILES string of the molecule is Cc1ccc2c(c1)c1nnc(SCCCCC(=O)N3CCC(C)CC3)nc1n2Cc1ccccc1F. The molecular formula is C28H32FN5OS. The number of amides is 1. The van der Waals surface area contributed by atoms with Crippen molar-refractivity contribution < 1.29 is 9.18 Å². The molecule has 8 heteroatoms. The maximum atomic E-state index is 14.5. The zero-order valence-electron chi connectivity index (χ0n) is 20.9. The molecule has 0 radical (unpaired) electrons. The molecule has 0 bridgehead atoms. The van der Waals surface area contributed by atoms with E-state index in [1.165, 1.54) is 6.07 Å². The smallest absolute Gasteiger partial charge is 0.222 e. The third-order valence-corrected chi connectivity index (χ3v) is 7.97. The van der Waals surface area contributed by atoms with Crippen LogP contribution in [-0.4, -0.2) is 49.4 Å². The standard InChI is InChI=1S/C28H32FN5OS/c1-19-12-14-33(15-13-19)25(35)9-5-6-16-36-28-30-27-26(31-32-28)22-17-20(2)10-11-24(22)34(27)18-21-7-3-4-8-23(21)29/h3-4,7-8,10-11,17,19H,5-6,9,12-16,18H2,1-2H3. The molecule has 36 heavy (non-hydrogen) atoms. The van der Waals surface area contributed by atoms with Crippen LogP contribution in [0.15, 0.2) is 47.6 Å². The fourth-order valence-electron chi connectivity index (χ4n) is 4.83. The number of nitrogens with zero attached hydrogens (tertiary/aromatic N) is 5. The third kappa shape index (κ3) is 5.38. The van der Waals surface area contributed by atoms with Gasteiger partial charge >= 0.3 is 0 Å². The molecule has 2 aromatic heterocycles. The minimum Gasteiger partial charge on any atom is -0.343 e. The average molecular weight is 506 g/mol. The summed E-state index contributed by atoms with van der Waals surface area (Å²) >= 11 is 1.56. The van der Waals surface area contributed by atoms with Crippen molar-refractivity contribution in [3.8, 4) is 0 Å². The molecule has 1 amide bonds.